The largest absolute Gasteiger partial charge is 0.507 e. The van der Waals surface area contributed by atoms with Gasteiger partial charge in [-0.05, 0) is 12.1 Å². The van der Waals surface area contributed by atoms with Gasteiger partial charge in [-0.1, -0.05) is 6.92 Å². The number of ketones is 1. The molecule has 2 aliphatic rings. The molecule has 0 saturated heterocycles. The zero-order valence-electron chi connectivity index (χ0n) is 10.4. The molecule has 0 aromatic heterocycles. The Morgan fingerprint density at radius 1 is 1.42 bits per heavy atom. The highest BCUT2D eigenvalue weighted by Gasteiger charge is 2.60. The fourth-order valence-electron chi connectivity index (χ4n) is 2.95. The van der Waals surface area contributed by atoms with E-state index in [4.69, 9.17) is 9.84 Å². The lowest BCUT2D eigenvalue weighted by Gasteiger charge is -2.18. The Hall–Kier alpha value is -2.04. The van der Waals surface area contributed by atoms with Gasteiger partial charge in [-0.3, -0.25) is 9.59 Å². The summed E-state index contributed by atoms with van der Waals surface area (Å²) in [4.78, 5) is 22.9. The zero-order valence-corrected chi connectivity index (χ0v) is 10.4. The highest BCUT2D eigenvalue weighted by atomic mass is 16.5. The Labute approximate surface area is 109 Å². The number of Topliss-reactive ketones (excluding diaryl/α,β-unsaturated/α-hetero) is 1. The van der Waals surface area contributed by atoms with E-state index in [2.05, 4.69) is 0 Å². The Balaban J connectivity index is 2.07. The molecule has 100 valence electrons. The van der Waals surface area contributed by atoms with Gasteiger partial charge in [0.05, 0.1) is 18.1 Å². The molecule has 1 heterocycles. The van der Waals surface area contributed by atoms with Crippen molar-refractivity contribution < 1.29 is 24.5 Å². The molecular formula is C14H14O5. The average molecular weight is 262 g/mol. The predicted octanol–water partition coefficient (Wildman–Crippen LogP) is 1.79. The maximum absolute atomic E-state index is 11.7. The van der Waals surface area contributed by atoms with Crippen LogP contribution < -0.4 is 4.74 Å². The number of phenolic OH excluding ortho intramolecular Hbond substituents is 1. The molecule has 0 bridgehead atoms. The summed E-state index contributed by atoms with van der Waals surface area (Å²) in [7, 11) is 0. The number of hydrogen-bond donors (Lipinski definition) is 2. The molecule has 1 fully saturated rings. The minimum absolute atomic E-state index is 0.0946. The standard InChI is InChI=1S/C14H14O5/c1-2-8(15)6-3-4-9-12(13(6)16)10-7(5-19-9)11(10)14(17)18/h3-4,7,10-11,16H,2,5H2,1H3,(H,17,18)/t7-,10+,11?/m1/s1. The number of rotatable bonds is 3. The first-order chi connectivity index (χ1) is 9.06. The molecule has 0 radical (unpaired) electrons. The molecule has 1 unspecified atom stereocenters. The van der Waals surface area contributed by atoms with Gasteiger partial charge in [-0.15, -0.1) is 0 Å². The maximum Gasteiger partial charge on any atom is 0.307 e. The molecule has 0 amide bonds. The summed E-state index contributed by atoms with van der Waals surface area (Å²) < 4.78 is 5.47. The Bertz CT molecular complexity index is 577. The second-order valence-corrected chi connectivity index (χ2v) is 5.01. The van der Waals surface area contributed by atoms with Gasteiger partial charge < -0.3 is 14.9 Å². The summed E-state index contributed by atoms with van der Waals surface area (Å²) in [5.41, 5.74) is 0.740. The first-order valence-corrected chi connectivity index (χ1v) is 6.31. The van der Waals surface area contributed by atoms with E-state index in [0.29, 0.717) is 24.3 Å². The molecule has 1 aliphatic heterocycles. The summed E-state index contributed by atoms with van der Waals surface area (Å²) in [5, 5.41) is 19.4. The first kappa shape index (κ1) is 12.0. The molecule has 5 heteroatoms. The minimum atomic E-state index is -0.877. The number of aromatic hydroxyl groups is 1. The summed E-state index contributed by atoms with van der Waals surface area (Å²) in [6, 6.07) is 3.18. The monoisotopic (exact) mass is 262 g/mol. The van der Waals surface area contributed by atoms with Crippen molar-refractivity contribution in [3.8, 4) is 11.5 Å². The van der Waals surface area contributed by atoms with E-state index in [0.717, 1.165) is 0 Å². The van der Waals surface area contributed by atoms with E-state index in [9.17, 15) is 14.7 Å². The highest BCUT2D eigenvalue weighted by molar-refractivity contribution is 5.99. The minimum Gasteiger partial charge on any atom is -0.507 e. The molecule has 19 heavy (non-hydrogen) atoms. The lowest BCUT2D eigenvalue weighted by atomic mass is 9.97. The number of hydrogen-bond acceptors (Lipinski definition) is 4. The van der Waals surface area contributed by atoms with Crippen molar-refractivity contribution in [3.63, 3.8) is 0 Å². The number of fused-ring (bicyclic) bond motifs is 3. The Kier molecular flexibility index (Phi) is 2.52. The van der Waals surface area contributed by atoms with E-state index < -0.39 is 11.9 Å². The van der Waals surface area contributed by atoms with E-state index >= 15 is 0 Å². The van der Waals surface area contributed by atoms with E-state index in [-0.39, 0.29) is 28.9 Å². The summed E-state index contributed by atoms with van der Waals surface area (Å²) in [6.07, 6.45) is 0.295. The molecule has 3 atom stereocenters. The van der Waals surface area contributed by atoms with Crippen molar-refractivity contribution in [2.45, 2.75) is 19.3 Å². The first-order valence-electron chi connectivity index (χ1n) is 6.31. The quantitative estimate of drug-likeness (QED) is 0.811. The molecule has 0 spiro atoms. The second-order valence-electron chi connectivity index (χ2n) is 5.01. The van der Waals surface area contributed by atoms with Crippen LogP contribution >= 0.6 is 0 Å². The topological polar surface area (TPSA) is 83.8 Å². The average Bonchev–Trinajstić information content (AvgIpc) is 3.12. The number of carbonyl (C=O) groups is 2. The van der Waals surface area contributed by atoms with Gasteiger partial charge in [0, 0.05) is 23.8 Å². The normalized spacial score (nSPS) is 26.9. The summed E-state index contributed by atoms with van der Waals surface area (Å²) >= 11 is 0. The molecule has 2 N–H and O–H groups in total. The SMILES string of the molecule is CCC(=O)c1ccc2c(c1O)[C@@H]1C(C(=O)O)[C@@H]1CO2. The molecule has 1 aliphatic carbocycles. The number of phenols is 1. The lowest BCUT2D eigenvalue weighted by Crippen LogP contribution is -2.10. The van der Waals surface area contributed by atoms with Crippen LogP contribution in [0, 0.1) is 11.8 Å². The third-order valence-electron chi connectivity index (χ3n) is 4.02. The third-order valence-corrected chi connectivity index (χ3v) is 4.02. The highest BCUT2D eigenvalue weighted by Crippen LogP contribution is 2.61. The molecule has 5 nitrogen and oxygen atoms in total. The number of carboxylic acids is 1. The molecule has 1 aromatic rings. The van der Waals surface area contributed by atoms with Crippen LogP contribution in [0.4, 0.5) is 0 Å². The van der Waals surface area contributed by atoms with Gasteiger partial charge in [0.1, 0.15) is 11.5 Å². The molecule has 1 aromatic carbocycles. The number of ether oxygens (including phenoxy) is 1. The van der Waals surface area contributed by atoms with Crippen molar-refractivity contribution in [2.75, 3.05) is 6.61 Å². The van der Waals surface area contributed by atoms with Crippen LogP contribution in [0.3, 0.4) is 0 Å². The lowest BCUT2D eigenvalue weighted by molar-refractivity contribution is -0.139. The summed E-state index contributed by atoms with van der Waals surface area (Å²) in [5.74, 6) is -1.49. The van der Waals surface area contributed by atoms with Crippen LogP contribution in [-0.2, 0) is 4.79 Å². The van der Waals surface area contributed by atoms with E-state index in [1.807, 2.05) is 0 Å². The van der Waals surface area contributed by atoms with Gasteiger partial charge in [0.2, 0.25) is 0 Å². The number of carbonyl (C=O) groups excluding carboxylic acids is 1. The molecule has 1 saturated carbocycles. The summed E-state index contributed by atoms with van der Waals surface area (Å²) in [6.45, 7) is 2.08. The van der Waals surface area contributed by atoms with Gasteiger partial charge in [0.25, 0.3) is 0 Å². The van der Waals surface area contributed by atoms with Crippen LogP contribution in [0.2, 0.25) is 0 Å². The molecule has 3 rings (SSSR count). The Morgan fingerprint density at radius 3 is 2.79 bits per heavy atom. The van der Waals surface area contributed by atoms with Crippen molar-refractivity contribution in [1.82, 2.24) is 0 Å². The van der Waals surface area contributed by atoms with Crippen molar-refractivity contribution in [2.24, 2.45) is 11.8 Å². The number of aliphatic carboxylic acids is 1. The second kappa shape index (κ2) is 3.98. The van der Waals surface area contributed by atoms with Crippen LogP contribution in [0.5, 0.6) is 11.5 Å². The van der Waals surface area contributed by atoms with Gasteiger partial charge in [0.15, 0.2) is 5.78 Å². The van der Waals surface area contributed by atoms with Crippen LogP contribution in [0.25, 0.3) is 0 Å². The van der Waals surface area contributed by atoms with E-state index in [1.54, 1.807) is 19.1 Å². The van der Waals surface area contributed by atoms with Gasteiger partial charge in [-0.2, -0.15) is 0 Å². The van der Waals surface area contributed by atoms with Crippen molar-refractivity contribution in [3.05, 3.63) is 23.3 Å². The van der Waals surface area contributed by atoms with E-state index in [1.165, 1.54) is 0 Å². The number of carboxylic acid groups (broad SMARTS) is 1. The van der Waals surface area contributed by atoms with Crippen molar-refractivity contribution in [1.29, 1.82) is 0 Å². The zero-order chi connectivity index (χ0) is 13.7. The Morgan fingerprint density at radius 2 is 2.16 bits per heavy atom. The predicted molar refractivity (Wildman–Crippen MR) is 65.6 cm³/mol. The van der Waals surface area contributed by atoms with Crippen LogP contribution in [0.1, 0.15) is 35.2 Å². The fraction of sp³-hybridized carbons (Fsp3) is 0.429. The van der Waals surface area contributed by atoms with Crippen molar-refractivity contribution >= 4 is 11.8 Å². The smallest absolute Gasteiger partial charge is 0.307 e. The number of benzene rings is 1. The van der Waals surface area contributed by atoms with Crippen LogP contribution in [0.15, 0.2) is 12.1 Å². The third kappa shape index (κ3) is 1.61. The fourth-order valence-corrected chi connectivity index (χ4v) is 2.95. The maximum atomic E-state index is 11.7. The van der Waals surface area contributed by atoms with Gasteiger partial charge in [-0.25, -0.2) is 0 Å². The van der Waals surface area contributed by atoms with Crippen LogP contribution in [-0.4, -0.2) is 28.6 Å². The molecular weight excluding hydrogens is 248 g/mol. The van der Waals surface area contributed by atoms with Gasteiger partial charge >= 0.3 is 5.97 Å².